The zero-order chi connectivity index (χ0) is 11.2. The van der Waals surface area contributed by atoms with Gasteiger partial charge >= 0.3 is 0 Å². The van der Waals surface area contributed by atoms with Gasteiger partial charge in [0.25, 0.3) is 0 Å². The Kier molecular flexibility index (Phi) is 2.62. The fourth-order valence-electron chi connectivity index (χ4n) is 1.01. The molecule has 2 heterocycles. The number of hydrogen-bond acceptors (Lipinski definition) is 5. The van der Waals surface area contributed by atoms with Gasteiger partial charge in [0.05, 0.1) is 10.2 Å². The summed E-state index contributed by atoms with van der Waals surface area (Å²) in [6.45, 7) is 0. The summed E-state index contributed by atoms with van der Waals surface area (Å²) in [6, 6.07) is 1.48. The number of thiazole rings is 1. The summed E-state index contributed by atoms with van der Waals surface area (Å²) in [5.41, 5.74) is 0.449. The SMILES string of the molecule is CS(=O)(=O)c1nc2cc(Cl)nc(Cl)c2s1. The van der Waals surface area contributed by atoms with E-state index >= 15 is 0 Å². The molecule has 0 amide bonds. The third kappa shape index (κ3) is 2.08. The Bertz CT molecular complexity index is 636. The monoisotopic (exact) mass is 282 g/mol. The van der Waals surface area contributed by atoms with E-state index in [-0.39, 0.29) is 14.6 Å². The van der Waals surface area contributed by atoms with Crippen molar-refractivity contribution in [3.05, 3.63) is 16.4 Å². The van der Waals surface area contributed by atoms with Crippen molar-refractivity contribution < 1.29 is 8.42 Å². The second-order valence-electron chi connectivity index (χ2n) is 2.84. The second-order valence-corrected chi connectivity index (χ2v) is 6.77. The molecule has 0 aliphatic carbocycles. The molecule has 80 valence electrons. The van der Waals surface area contributed by atoms with Crippen molar-refractivity contribution >= 4 is 54.6 Å². The van der Waals surface area contributed by atoms with Crippen LogP contribution < -0.4 is 0 Å². The van der Waals surface area contributed by atoms with Crippen LogP contribution in [0.2, 0.25) is 10.3 Å². The Morgan fingerprint density at radius 2 is 2.00 bits per heavy atom. The van der Waals surface area contributed by atoms with Crippen molar-refractivity contribution in [3.63, 3.8) is 0 Å². The lowest BCUT2D eigenvalue weighted by Crippen LogP contribution is -1.94. The average molecular weight is 283 g/mol. The molecule has 0 atom stereocenters. The molecule has 0 aromatic carbocycles. The number of pyridine rings is 1. The summed E-state index contributed by atoms with van der Waals surface area (Å²) in [6.07, 6.45) is 1.09. The first-order valence-corrected chi connectivity index (χ1v) is 7.17. The van der Waals surface area contributed by atoms with Gasteiger partial charge < -0.3 is 0 Å². The lowest BCUT2D eigenvalue weighted by molar-refractivity contribution is 0.601. The van der Waals surface area contributed by atoms with E-state index in [1.807, 2.05) is 0 Å². The highest BCUT2D eigenvalue weighted by atomic mass is 35.5. The quantitative estimate of drug-likeness (QED) is 0.754. The largest absolute Gasteiger partial charge is 0.225 e. The smallest absolute Gasteiger partial charge is 0.210 e. The number of aromatic nitrogens is 2. The fraction of sp³-hybridized carbons (Fsp3) is 0.143. The summed E-state index contributed by atoms with van der Waals surface area (Å²) in [5, 5.41) is 0.364. The molecule has 2 aromatic heterocycles. The average Bonchev–Trinajstić information content (AvgIpc) is 2.46. The highest BCUT2D eigenvalue weighted by Gasteiger charge is 2.16. The number of hydrogen-bond donors (Lipinski definition) is 0. The molecule has 0 aliphatic heterocycles. The zero-order valence-electron chi connectivity index (χ0n) is 7.36. The molecule has 0 N–H and O–H groups in total. The van der Waals surface area contributed by atoms with E-state index in [4.69, 9.17) is 23.2 Å². The van der Waals surface area contributed by atoms with Gasteiger partial charge in [0.15, 0.2) is 0 Å². The first-order valence-electron chi connectivity index (χ1n) is 3.70. The molecule has 0 radical (unpaired) electrons. The fourth-order valence-corrected chi connectivity index (χ4v) is 3.32. The number of rotatable bonds is 1. The lowest BCUT2D eigenvalue weighted by atomic mass is 10.4. The molecule has 0 saturated carbocycles. The number of halogens is 2. The molecule has 4 nitrogen and oxygen atoms in total. The van der Waals surface area contributed by atoms with Gasteiger partial charge in [-0.1, -0.05) is 34.5 Å². The Balaban J connectivity index is 2.82. The van der Waals surface area contributed by atoms with Gasteiger partial charge in [0.2, 0.25) is 14.2 Å². The second kappa shape index (κ2) is 3.55. The minimum Gasteiger partial charge on any atom is -0.225 e. The van der Waals surface area contributed by atoms with E-state index in [1.54, 1.807) is 0 Å². The molecule has 0 unspecified atom stereocenters. The predicted octanol–water partition coefficient (Wildman–Crippen LogP) is 2.40. The molecule has 0 fully saturated rings. The van der Waals surface area contributed by atoms with Gasteiger partial charge in [-0.05, 0) is 0 Å². The van der Waals surface area contributed by atoms with Crippen molar-refractivity contribution in [2.45, 2.75) is 4.34 Å². The van der Waals surface area contributed by atoms with Crippen LogP contribution in [0.3, 0.4) is 0 Å². The van der Waals surface area contributed by atoms with Gasteiger partial charge in [0, 0.05) is 12.3 Å². The molecule has 0 bridgehead atoms. The van der Waals surface area contributed by atoms with Gasteiger partial charge in [-0.2, -0.15) is 0 Å². The molecule has 2 rings (SSSR count). The minimum atomic E-state index is -3.32. The van der Waals surface area contributed by atoms with E-state index < -0.39 is 9.84 Å². The van der Waals surface area contributed by atoms with E-state index in [1.165, 1.54) is 6.07 Å². The van der Waals surface area contributed by atoms with Crippen LogP contribution in [0.5, 0.6) is 0 Å². The van der Waals surface area contributed by atoms with Crippen molar-refractivity contribution in [2.75, 3.05) is 6.26 Å². The standard InChI is InChI=1S/C7H4Cl2N2O2S2/c1-15(12,13)7-10-3-2-4(8)11-6(9)5(3)14-7/h2H,1H3. The summed E-state index contributed by atoms with van der Waals surface area (Å²) >= 11 is 12.5. The Morgan fingerprint density at radius 1 is 1.33 bits per heavy atom. The van der Waals surface area contributed by atoms with Crippen LogP contribution in [0.1, 0.15) is 0 Å². The normalized spacial score (nSPS) is 12.2. The van der Waals surface area contributed by atoms with Crippen LogP contribution in [0.15, 0.2) is 10.4 Å². The van der Waals surface area contributed by atoms with Crippen LogP contribution in [0, 0.1) is 0 Å². The minimum absolute atomic E-state index is 0.0171. The first-order chi connectivity index (χ1) is 6.88. The maximum atomic E-state index is 11.3. The van der Waals surface area contributed by atoms with Crippen LogP contribution in [0.4, 0.5) is 0 Å². The van der Waals surface area contributed by atoms with Crippen LogP contribution in [-0.4, -0.2) is 24.6 Å². The van der Waals surface area contributed by atoms with E-state index in [0.29, 0.717) is 10.2 Å². The summed E-state index contributed by atoms with van der Waals surface area (Å²) in [4.78, 5) is 7.73. The zero-order valence-corrected chi connectivity index (χ0v) is 10.5. The molecule has 0 saturated heterocycles. The van der Waals surface area contributed by atoms with Gasteiger partial charge in [-0.3, -0.25) is 0 Å². The van der Waals surface area contributed by atoms with Gasteiger partial charge in [-0.15, -0.1) is 0 Å². The van der Waals surface area contributed by atoms with Gasteiger partial charge in [0.1, 0.15) is 10.3 Å². The van der Waals surface area contributed by atoms with Crippen LogP contribution in [0.25, 0.3) is 10.2 Å². The maximum absolute atomic E-state index is 11.3. The number of fused-ring (bicyclic) bond motifs is 1. The Labute approximate surface area is 99.8 Å². The molecule has 15 heavy (non-hydrogen) atoms. The van der Waals surface area contributed by atoms with E-state index in [2.05, 4.69) is 9.97 Å². The molecule has 0 spiro atoms. The molecule has 2 aromatic rings. The highest BCUT2D eigenvalue weighted by Crippen LogP contribution is 2.31. The van der Waals surface area contributed by atoms with Crippen LogP contribution in [-0.2, 0) is 9.84 Å². The van der Waals surface area contributed by atoms with Crippen molar-refractivity contribution in [1.82, 2.24) is 9.97 Å². The number of sulfone groups is 1. The maximum Gasteiger partial charge on any atom is 0.210 e. The number of nitrogens with zero attached hydrogens (tertiary/aromatic N) is 2. The third-order valence-electron chi connectivity index (χ3n) is 1.60. The van der Waals surface area contributed by atoms with Crippen molar-refractivity contribution in [3.8, 4) is 0 Å². The lowest BCUT2D eigenvalue weighted by Gasteiger charge is -1.91. The summed E-state index contributed by atoms with van der Waals surface area (Å²) < 4.78 is 23.0. The van der Waals surface area contributed by atoms with Crippen molar-refractivity contribution in [1.29, 1.82) is 0 Å². The predicted molar refractivity (Wildman–Crippen MR) is 60.5 cm³/mol. The highest BCUT2D eigenvalue weighted by molar-refractivity contribution is 7.92. The van der Waals surface area contributed by atoms with E-state index in [0.717, 1.165) is 17.6 Å². The third-order valence-corrected chi connectivity index (χ3v) is 4.93. The summed E-state index contributed by atoms with van der Waals surface area (Å²) in [7, 11) is -3.32. The first kappa shape index (κ1) is 11.1. The molecular weight excluding hydrogens is 279 g/mol. The Hall–Kier alpha value is -0.430. The molecule has 8 heteroatoms. The Morgan fingerprint density at radius 3 is 2.60 bits per heavy atom. The van der Waals surface area contributed by atoms with E-state index in [9.17, 15) is 8.42 Å². The van der Waals surface area contributed by atoms with Crippen molar-refractivity contribution in [2.24, 2.45) is 0 Å². The molecular formula is C7H4Cl2N2O2S2. The molecule has 0 aliphatic rings. The summed E-state index contributed by atoms with van der Waals surface area (Å²) in [5.74, 6) is 0. The topological polar surface area (TPSA) is 59.9 Å². The van der Waals surface area contributed by atoms with Gasteiger partial charge in [-0.25, -0.2) is 18.4 Å². The van der Waals surface area contributed by atoms with Crippen LogP contribution >= 0.6 is 34.5 Å².